The molecule has 0 aliphatic heterocycles. The summed E-state index contributed by atoms with van der Waals surface area (Å²) in [6, 6.07) is 10.3. The lowest BCUT2D eigenvalue weighted by molar-refractivity contribution is -0.144. The van der Waals surface area contributed by atoms with E-state index < -0.39 is 29.9 Å². The predicted molar refractivity (Wildman–Crippen MR) is 213 cm³/mol. The van der Waals surface area contributed by atoms with Gasteiger partial charge in [-0.2, -0.15) is 0 Å². The van der Waals surface area contributed by atoms with Gasteiger partial charge in [0.05, 0.1) is 26.2 Å². The average Bonchev–Trinajstić information content (AvgIpc) is 3.82. The Labute approximate surface area is 326 Å². The maximum absolute atomic E-state index is 14.5. The smallest absolute Gasteiger partial charge is 0.404 e. The van der Waals surface area contributed by atoms with Crippen molar-refractivity contribution in [3.63, 3.8) is 0 Å². The second kappa shape index (κ2) is 21.2. The highest BCUT2D eigenvalue weighted by atomic mass is 16.5. The largest absolute Gasteiger partial charge is 0.450 e. The molecule has 0 saturated carbocycles. The van der Waals surface area contributed by atoms with E-state index in [1.165, 1.54) is 26.6 Å². The van der Waals surface area contributed by atoms with Gasteiger partial charge in [-0.3, -0.25) is 24.2 Å². The number of primary amides is 1. The number of aromatic nitrogens is 3. The normalized spacial score (nSPS) is 12.4. The maximum atomic E-state index is 14.5. The summed E-state index contributed by atoms with van der Waals surface area (Å²) in [5.74, 6) is -1.64. The Morgan fingerprint density at radius 1 is 0.964 bits per heavy atom. The number of para-hydroxylation sites is 1. The van der Waals surface area contributed by atoms with Crippen LogP contribution in [0.5, 0.6) is 0 Å². The molecule has 15 heteroatoms. The van der Waals surface area contributed by atoms with E-state index >= 15 is 0 Å². The monoisotopic (exact) mass is 767 g/mol. The number of aromatic amines is 2. The number of nitrogens with two attached hydrogens (primary N) is 1. The zero-order valence-corrected chi connectivity index (χ0v) is 32.0. The molecule has 7 N–H and O–H groups in total. The fourth-order valence-electron chi connectivity index (χ4n) is 6.74. The number of hydrogen-bond donors (Lipinski definition) is 6. The highest BCUT2D eigenvalue weighted by Crippen LogP contribution is 2.22. The number of H-pyrrole nitrogens is 2. The van der Waals surface area contributed by atoms with Gasteiger partial charge < -0.3 is 46.2 Å². The molecule has 0 saturated heterocycles. The standard InChI is InChI=1S/C41H53N9O6/c1-2-17-45-38(52)27-50(26-29-9-7-18-43-22-29)39(53)28-49(20-16-31-24-47-35-13-6-4-11-33(31)35)40(54)36(14-8-21-56-41(42)55)48-37(51)25-44-19-15-30-23-46-34-12-5-3-10-32(30)34/h3-4,6-7,9-11,13,18,22-24,36,44,46-47H,2,5,8,12,14-17,19-21,25-28H2,1H3,(H2,42,55)(H,45,52)(H,48,51). The number of allylic oxidation sites excluding steroid dienone is 1. The lowest BCUT2D eigenvalue weighted by atomic mass is 10.0. The van der Waals surface area contributed by atoms with Gasteiger partial charge in [-0.1, -0.05) is 43.3 Å². The molecule has 3 aromatic heterocycles. The molecule has 1 aliphatic rings. The van der Waals surface area contributed by atoms with Crippen molar-refractivity contribution in [2.45, 2.75) is 64.5 Å². The number of carbonyl (C=O) groups excluding carboxylic acids is 5. The summed E-state index contributed by atoms with van der Waals surface area (Å²) in [5, 5.41) is 9.86. The molecular weight excluding hydrogens is 715 g/mol. The summed E-state index contributed by atoms with van der Waals surface area (Å²) in [4.78, 5) is 79.8. The first-order chi connectivity index (χ1) is 27.2. The third-order valence-electron chi connectivity index (χ3n) is 9.63. The van der Waals surface area contributed by atoms with Crippen LogP contribution in [0.4, 0.5) is 4.79 Å². The Bertz CT molecular complexity index is 1960. The van der Waals surface area contributed by atoms with E-state index in [9.17, 15) is 24.0 Å². The van der Waals surface area contributed by atoms with Crippen molar-refractivity contribution in [1.82, 2.24) is 40.7 Å². The van der Waals surface area contributed by atoms with E-state index in [2.05, 4.69) is 43.1 Å². The molecule has 0 spiro atoms. The van der Waals surface area contributed by atoms with Crippen LogP contribution in [-0.4, -0.2) is 106 Å². The number of pyridine rings is 1. The number of nitrogens with one attached hydrogen (secondary N) is 5. The molecule has 15 nitrogen and oxygen atoms in total. The van der Waals surface area contributed by atoms with Gasteiger partial charge in [0.1, 0.15) is 6.04 Å². The molecule has 5 rings (SSSR count). The average molecular weight is 768 g/mol. The Balaban J connectivity index is 1.32. The van der Waals surface area contributed by atoms with Crippen LogP contribution >= 0.6 is 0 Å². The van der Waals surface area contributed by atoms with Crippen LogP contribution in [0, 0.1) is 0 Å². The van der Waals surface area contributed by atoms with Gasteiger partial charge in [0.25, 0.3) is 0 Å². The fourth-order valence-corrected chi connectivity index (χ4v) is 6.74. The summed E-state index contributed by atoms with van der Waals surface area (Å²) < 4.78 is 4.92. The number of hydrogen-bond acceptors (Lipinski definition) is 8. The van der Waals surface area contributed by atoms with E-state index in [1.807, 2.05) is 49.6 Å². The molecular formula is C41H53N9O6. The van der Waals surface area contributed by atoms with E-state index in [-0.39, 0.29) is 58.1 Å². The predicted octanol–water partition coefficient (Wildman–Crippen LogP) is 2.97. The zero-order valence-electron chi connectivity index (χ0n) is 32.0. The summed E-state index contributed by atoms with van der Waals surface area (Å²) in [5.41, 5.74) is 11.4. The molecule has 0 radical (unpaired) electrons. The minimum absolute atomic E-state index is 0.0376. The Morgan fingerprint density at radius 2 is 1.80 bits per heavy atom. The molecule has 298 valence electrons. The van der Waals surface area contributed by atoms with E-state index in [0.29, 0.717) is 25.9 Å². The topological polar surface area (TPSA) is 208 Å². The van der Waals surface area contributed by atoms with Crippen molar-refractivity contribution in [2.75, 3.05) is 45.9 Å². The fraction of sp³-hybridized carbons (Fsp3) is 0.415. The third-order valence-corrected chi connectivity index (χ3v) is 9.63. The van der Waals surface area contributed by atoms with Crippen LogP contribution in [0.1, 0.15) is 60.6 Å². The lowest BCUT2D eigenvalue weighted by Gasteiger charge is -2.30. The third kappa shape index (κ3) is 12.3. The second-order valence-electron chi connectivity index (χ2n) is 13.8. The van der Waals surface area contributed by atoms with Gasteiger partial charge in [0.2, 0.25) is 23.6 Å². The van der Waals surface area contributed by atoms with Gasteiger partial charge in [0.15, 0.2) is 0 Å². The zero-order chi connectivity index (χ0) is 39.7. The van der Waals surface area contributed by atoms with Crippen molar-refractivity contribution in [1.29, 1.82) is 0 Å². The molecule has 1 aromatic carbocycles. The molecule has 5 amide bonds. The first-order valence-electron chi connectivity index (χ1n) is 19.3. The summed E-state index contributed by atoms with van der Waals surface area (Å²) in [7, 11) is 0. The van der Waals surface area contributed by atoms with E-state index in [0.717, 1.165) is 41.3 Å². The van der Waals surface area contributed by atoms with Crippen molar-refractivity contribution in [3.05, 3.63) is 95.2 Å². The Morgan fingerprint density at radius 3 is 2.61 bits per heavy atom. The van der Waals surface area contributed by atoms with Crippen molar-refractivity contribution in [3.8, 4) is 0 Å². The summed E-state index contributed by atoms with van der Waals surface area (Å²) in [6.45, 7) is 2.55. The van der Waals surface area contributed by atoms with Crippen LogP contribution in [0.25, 0.3) is 17.0 Å². The van der Waals surface area contributed by atoms with Gasteiger partial charge in [-0.25, -0.2) is 4.79 Å². The summed E-state index contributed by atoms with van der Waals surface area (Å²) in [6.07, 6.45) is 14.7. The van der Waals surface area contributed by atoms with Crippen LogP contribution < -0.4 is 21.7 Å². The molecule has 0 bridgehead atoms. The molecule has 4 aromatic rings. The number of amides is 5. The maximum Gasteiger partial charge on any atom is 0.404 e. The highest BCUT2D eigenvalue weighted by Gasteiger charge is 2.29. The minimum Gasteiger partial charge on any atom is -0.450 e. The molecule has 3 heterocycles. The van der Waals surface area contributed by atoms with E-state index in [1.54, 1.807) is 18.5 Å². The number of carbonyl (C=O) groups is 5. The van der Waals surface area contributed by atoms with Crippen LogP contribution in [0.15, 0.2) is 67.3 Å². The lowest BCUT2D eigenvalue weighted by Crippen LogP contribution is -2.53. The van der Waals surface area contributed by atoms with Crippen LogP contribution in [0.2, 0.25) is 0 Å². The number of fused-ring (bicyclic) bond motifs is 2. The molecule has 0 fully saturated rings. The van der Waals surface area contributed by atoms with Crippen molar-refractivity contribution >= 4 is 46.7 Å². The van der Waals surface area contributed by atoms with Gasteiger partial charge in [0, 0.05) is 61.0 Å². The first kappa shape index (κ1) is 41.2. The van der Waals surface area contributed by atoms with Crippen LogP contribution in [-0.2, 0) is 49.7 Å². The van der Waals surface area contributed by atoms with Gasteiger partial charge in [-0.15, -0.1) is 0 Å². The molecule has 1 atom stereocenters. The van der Waals surface area contributed by atoms with Gasteiger partial charge in [-0.05, 0) is 85.9 Å². The second-order valence-corrected chi connectivity index (χ2v) is 13.8. The minimum atomic E-state index is -1.04. The Kier molecular flexibility index (Phi) is 15.6. The number of nitrogens with zero attached hydrogens (tertiary/aromatic N) is 3. The molecule has 56 heavy (non-hydrogen) atoms. The molecule has 1 unspecified atom stereocenters. The first-order valence-corrected chi connectivity index (χ1v) is 19.3. The molecule has 1 aliphatic carbocycles. The number of aryl methyl sites for hydroxylation is 1. The number of ether oxygens (including phenoxy) is 1. The Hall–Kier alpha value is -5.96. The van der Waals surface area contributed by atoms with E-state index in [4.69, 9.17) is 10.5 Å². The highest BCUT2D eigenvalue weighted by molar-refractivity contribution is 5.92. The summed E-state index contributed by atoms with van der Waals surface area (Å²) >= 11 is 0. The van der Waals surface area contributed by atoms with Crippen LogP contribution in [0.3, 0.4) is 0 Å². The van der Waals surface area contributed by atoms with Gasteiger partial charge >= 0.3 is 6.09 Å². The number of benzene rings is 1. The number of rotatable bonds is 22. The van der Waals surface area contributed by atoms with Crippen molar-refractivity contribution in [2.24, 2.45) is 5.73 Å². The quantitative estimate of drug-likeness (QED) is 0.0654. The van der Waals surface area contributed by atoms with Crippen molar-refractivity contribution < 1.29 is 28.7 Å². The SMILES string of the molecule is CCCNC(=O)CN(Cc1cccnc1)C(=O)CN(CCc1c[nH]c2ccccc12)C(=O)C(CCCOC(N)=O)NC(=O)CNCCc1c[nH]c2c1C=CCC2.